The van der Waals surface area contributed by atoms with E-state index in [4.69, 9.17) is 4.98 Å². The number of aromatic nitrogens is 2. The Morgan fingerprint density at radius 1 is 1.18 bits per heavy atom. The van der Waals surface area contributed by atoms with Crippen molar-refractivity contribution < 1.29 is 0 Å². The van der Waals surface area contributed by atoms with Crippen LogP contribution in [-0.2, 0) is 0 Å². The van der Waals surface area contributed by atoms with Gasteiger partial charge in [0, 0.05) is 37.6 Å². The van der Waals surface area contributed by atoms with E-state index in [-0.39, 0.29) is 0 Å². The lowest BCUT2D eigenvalue weighted by Gasteiger charge is -2.32. The van der Waals surface area contributed by atoms with Crippen molar-refractivity contribution >= 4 is 17.5 Å². The molecule has 1 atom stereocenters. The highest BCUT2D eigenvalue weighted by molar-refractivity contribution is 5.58. The Kier molecular flexibility index (Phi) is 4.27. The van der Waals surface area contributed by atoms with E-state index in [0.717, 1.165) is 42.2 Å². The molecule has 0 radical (unpaired) electrons. The number of nitrogens with zero attached hydrogens (tertiary/aromatic N) is 4. The molecule has 2 heterocycles. The van der Waals surface area contributed by atoms with Gasteiger partial charge in [0.05, 0.1) is 0 Å². The monoisotopic (exact) mass is 296 g/mol. The summed E-state index contributed by atoms with van der Waals surface area (Å²) in [6.45, 7) is 6.54. The smallest absolute Gasteiger partial charge is 0.231 e. The maximum atomic E-state index is 4.81. The number of hydrogen-bond acceptors (Lipinski definition) is 4. The summed E-state index contributed by atoms with van der Waals surface area (Å²) in [5, 5.41) is 0. The minimum absolute atomic E-state index is 0.735. The average molecular weight is 296 g/mol. The van der Waals surface area contributed by atoms with Crippen LogP contribution in [0.3, 0.4) is 0 Å². The van der Waals surface area contributed by atoms with Crippen molar-refractivity contribution in [3.8, 4) is 0 Å². The minimum Gasteiger partial charge on any atom is -0.356 e. The first kappa shape index (κ1) is 14.8. The zero-order valence-electron chi connectivity index (χ0n) is 13.7. The summed E-state index contributed by atoms with van der Waals surface area (Å²) < 4.78 is 0. The molecule has 3 rings (SSSR count). The van der Waals surface area contributed by atoms with Crippen LogP contribution < -0.4 is 9.80 Å². The Labute approximate surface area is 132 Å². The lowest BCUT2D eigenvalue weighted by atomic mass is 10.0. The first-order valence-electron chi connectivity index (χ1n) is 8.03. The van der Waals surface area contributed by atoms with E-state index in [9.17, 15) is 0 Å². The molecule has 22 heavy (non-hydrogen) atoms. The van der Waals surface area contributed by atoms with Gasteiger partial charge in [-0.2, -0.15) is 4.98 Å². The number of anilines is 3. The van der Waals surface area contributed by atoms with Crippen LogP contribution in [0.1, 0.15) is 25.5 Å². The second-order valence-electron chi connectivity index (χ2n) is 6.26. The highest BCUT2D eigenvalue weighted by Gasteiger charge is 2.19. The Hall–Kier alpha value is -2.10. The van der Waals surface area contributed by atoms with Gasteiger partial charge in [-0.3, -0.25) is 0 Å². The lowest BCUT2D eigenvalue weighted by molar-refractivity contribution is 0.444. The van der Waals surface area contributed by atoms with Gasteiger partial charge in [0.1, 0.15) is 5.82 Å². The summed E-state index contributed by atoms with van der Waals surface area (Å²) in [6, 6.07) is 12.3. The number of benzene rings is 1. The average Bonchev–Trinajstić information content (AvgIpc) is 2.54. The molecule has 2 aromatic rings. The molecule has 1 unspecified atom stereocenters. The molecule has 1 aromatic heterocycles. The van der Waals surface area contributed by atoms with Gasteiger partial charge in [-0.25, -0.2) is 4.98 Å². The fourth-order valence-electron chi connectivity index (χ4n) is 3.01. The van der Waals surface area contributed by atoms with E-state index < -0.39 is 0 Å². The number of piperidine rings is 1. The van der Waals surface area contributed by atoms with Gasteiger partial charge in [0.2, 0.25) is 5.95 Å². The van der Waals surface area contributed by atoms with Crippen molar-refractivity contribution in [2.75, 3.05) is 29.9 Å². The fraction of sp³-hybridized carbons (Fsp3) is 0.444. The molecule has 1 saturated heterocycles. The van der Waals surface area contributed by atoms with Crippen molar-refractivity contribution in [3.63, 3.8) is 0 Å². The Morgan fingerprint density at radius 3 is 2.68 bits per heavy atom. The van der Waals surface area contributed by atoms with E-state index in [1.807, 2.05) is 37.1 Å². The summed E-state index contributed by atoms with van der Waals surface area (Å²) in [6.07, 6.45) is 2.56. The van der Waals surface area contributed by atoms with Gasteiger partial charge in [-0.1, -0.05) is 25.1 Å². The van der Waals surface area contributed by atoms with Crippen LogP contribution in [0.25, 0.3) is 0 Å². The zero-order valence-corrected chi connectivity index (χ0v) is 13.7. The second-order valence-corrected chi connectivity index (χ2v) is 6.26. The first-order chi connectivity index (χ1) is 10.6. The lowest BCUT2D eigenvalue weighted by Crippen LogP contribution is -2.35. The molecule has 1 aliphatic heterocycles. The molecule has 0 amide bonds. The quantitative estimate of drug-likeness (QED) is 0.862. The Bertz CT molecular complexity index is 626. The maximum absolute atomic E-state index is 4.81. The first-order valence-corrected chi connectivity index (χ1v) is 8.03. The van der Waals surface area contributed by atoms with Crippen LogP contribution in [0.4, 0.5) is 17.5 Å². The molecular weight excluding hydrogens is 272 g/mol. The third-order valence-electron chi connectivity index (χ3n) is 4.25. The molecule has 116 valence electrons. The third kappa shape index (κ3) is 3.21. The van der Waals surface area contributed by atoms with Gasteiger partial charge in [-0.15, -0.1) is 0 Å². The SMILES string of the molecule is Cc1cc(N2CCCC(C)C2)nc(N(C)c2ccccc2)n1. The maximum Gasteiger partial charge on any atom is 0.231 e. The van der Waals surface area contributed by atoms with Gasteiger partial charge in [-0.05, 0) is 37.8 Å². The molecular formula is C18H24N4. The van der Waals surface area contributed by atoms with E-state index in [2.05, 4.69) is 35.0 Å². The van der Waals surface area contributed by atoms with Crippen molar-refractivity contribution in [3.05, 3.63) is 42.1 Å². The largest absolute Gasteiger partial charge is 0.356 e. The molecule has 1 aromatic carbocycles. The predicted molar refractivity (Wildman–Crippen MR) is 91.9 cm³/mol. The topological polar surface area (TPSA) is 32.3 Å². The Balaban J connectivity index is 1.89. The molecule has 4 nitrogen and oxygen atoms in total. The third-order valence-corrected chi connectivity index (χ3v) is 4.25. The minimum atomic E-state index is 0.735. The van der Waals surface area contributed by atoms with Crippen LogP contribution >= 0.6 is 0 Å². The molecule has 0 bridgehead atoms. The summed E-state index contributed by atoms with van der Waals surface area (Å²) in [7, 11) is 2.02. The van der Waals surface area contributed by atoms with Crippen molar-refractivity contribution in [1.29, 1.82) is 0 Å². The van der Waals surface area contributed by atoms with Crippen LogP contribution in [0.2, 0.25) is 0 Å². The van der Waals surface area contributed by atoms with Gasteiger partial charge in [0.25, 0.3) is 0 Å². The molecule has 4 heteroatoms. The van der Waals surface area contributed by atoms with Gasteiger partial charge >= 0.3 is 0 Å². The number of para-hydroxylation sites is 1. The van der Waals surface area contributed by atoms with Crippen LogP contribution in [-0.4, -0.2) is 30.1 Å². The summed E-state index contributed by atoms with van der Waals surface area (Å²) in [5.74, 6) is 2.55. The number of aryl methyl sites for hydroxylation is 1. The molecule has 1 fully saturated rings. The molecule has 0 aliphatic carbocycles. The number of hydrogen-bond donors (Lipinski definition) is 0. The summed E-state index contributed by atoms with van der Waals surface area (Å²) in [4.78, 5) is 13.9. The zero-order chi connectivity index (χ0) is 15.5. The second kappa shape index (κ2) is 6.34. The number of rotatable bonds is 3. The predicted octanol–water partition coefficient (Wildman–Crippen LogP) is 3.79. The summed E-state index contributed by atoms with van der Waals surface area (Å²) in [5.41, 5.74) is 2.12. The van der Waals surface area contributed by atoms with Crippen molar-refractivity contribution in [1.82, 2.24) is 9.97 Å². The van der Waals surface area contributed by atoms with Crippen LogP contribution in [0, 0.1) is 12.8 Å². The molecule has 1 aliphatic rings. The van der Waals surface area contributed by atoms with E-state index in [1.165, 1.54) is 12.8 Å². The van der Waals surface area contributed by atoms with Gasteiger partial charge < -0.3 is 9.80 Å². The fourth-order valence-corrected chi connectivity index (χ4v) is 3.01. The van der Waals surface area contributed by atoms with Crippen molar-refractivity contribution in [2.24, 2.45) is 5.92 Å². The van der Waals surface area contributed by atoms with E-state index in [1.54, 1.807) is 0 Å². The van der Waals surface area contributed by atoms with E-state index >= 15 is 0 Å². The highest BCUT2D eigenvalue weighted by Crippen LogP contribution is 2.25. The molecule has 0 N–H and O–H groups in total. The van der Waals surface area contributed by atoms with Crippen LogP contribution in [0.5, 0.6) is 0 Å². The van der Waals surface area contributed by atoms with E-state index in [0.29, 0.717) is 0 Å². The molecule has 0 saturated carbocycles. The normalized spacial score (nSPS) is 18.3. The highest BCUT2D eigenvalue weighted by atomic mass is 15.3. The van der Waals surface area contributed by atoms with Crippen molar-refractivity contribution in [2.45, 2.75) is 26.7 Å². The summed E-state index contributed by atoms with van der Waals surface area (Å²) >= 11 is 0. The standard InChI is InChI=1S/C18H24N4/c1-14-8-7-11-22(13-14)17-12-15(2)19-18(20-17)21(3)16-9-5-4-6-10-16/h4-6,9-10,12,14H,7-8,11,13H2,1-3H3. The van der Waals surface area contributed by atoms with Gasteiger partial charge in [0.15, 0.2) is 0 Å². The molecule has 0 spiro atoms. The van der Waals surface area contributed by atoms with Crippen LogP contribution in [0.15, 0.2) is 36.4 Å². The Morgan fingerprint density at radius 2 is 1.95 bits per heavy atom.